The van der Waals surface area contributed by atoms with Gasteiger partial charge in [-0.15, -0.1) is 0 Å². The van der Waals surface area contributed by atoms with Gasteiger partial charge in [0.05, 0.1) is 19.0 Å². The zero-order valence-corrected chi connectivity index (χ0v) is 30.1. The lowest BCUT2D eigenvalue weighted by atomic mass is 9.95. The number of hydrogen-bond acceptors (Lipinski definition) is 8. The highest BCUT2D eigenvalue weighted by molar-refractivity contribution is 5.91. The van der Waals surface area contributed by atoms with Crippen LogP contribution in [0.15, 0.2) is 97.2 Å². The number of nitrogens with zero attached hydrogens (tertiary/aromatic N) is 2. The topological polar surface area (TPSA) is 130 Å². The van der Waals surface area contributed by atoms with Gasteiger partial charge in [0, 0.05) is 30.1 Å². The number of esters is 1. The number of rotatable bonds is 19. The van der Waals surface area contributed by atoms with Crippen molar-refractivity contribution in [2.75, 3.05) is 33.4 Å². The molecule has 1 aliphatic rings. The molecule has 0 saturated carbocycles. The van der Waals surface area contributed by atoms with Crippen molar-refractivity contribution in [2.24, 2.45) is 5.92 Å². The summed E-state index contributed by atoms with van der Waals surface area (Å²) in [5.74, 6) is -0.812. The van der Waals surface area contributed by atoms with Crippen LogP contribution in [0.25, 0.3) is 10.9 Å². The van der Waals surface area contributed by atoms with Crippen molar-refractivity contribution in [1.82, 2.24) is 20.5 Å². The molecule has 3 N–H and O–H groups in total. The molecular formula is C42H52N4O6. The van der Waals surface area contributed by atoms with Crippen molar-refractivity contribution in [3.05, 3.63) is 108 Å². The van der Waals surface area contributed by atoms with E-state index in [1.54, 1.807) is 6.20 Å². The van der Waals surface area contributed by atoms with E-state index in [9.17, 15) is 19.5 Å². The zero-order chi connectivity index (χ0) is 36.5. The third-order valence-electron chi connectivity index (χ3n) is 9.76. The van der Waals surface area contributed by atoms with E-state index in [4.69, 9.17) is 9.47 Å². The molecule has 1 fully saturated rings. The van der Waals surface area contributed by atoms with E-state index in [0.29, 0.717) is 38.2 Å². The van der Waals surface area contributed by atoms with E-state index in [2.05, 4.69) is 44.8 Å². The highest BCUT2D eigenvalue weighted by Gasteiger charge is 2.31. The van der Waals surface area contributed by atoms with Crippen molar-refractivity contribution in [3.63, 3.8) is 0 Å². The van der Waals surface area contributed by atoms with Crippen LogP contribution in [0.1, 0.15) is 56.1 Å². The number of piperidine rings is 1. The molecule has 4 aromatic rings. The quantitative estimate of drug-likeness (QED) is 0.113. The van der Waals surface area contributed by atoms with E-state index in [1.165, 1.54) is 18.2 Å². The maximum atomic E-state index is 13.7. The van der Waals surface area contributed by atoms with Crippen molar-refractivity contribution in [1.29, 1.82) is 0 Å². The fraction of sp³-hybridized carbons (Fsp3) is 0.429. The van der Waals surface area contributed by atoms with Crippen molar-refractivity contribution < 1.29 is 29.0 Å². The standard InChI is InChI=1S/C42H52N4O6/c1-51-40(48)28-38(42(50)44-34(18-8-16-31-12-4-2-5-13-31)19-9-17-32-14-6-3-7-15-32)45-41(49)33-23-26-46(27-24-33)29-35(47)30-52-39-22-10-21-37-36(39)20-11-25-43-37/h2-7,10-15,20-22,25,33-35,38,47H,8-9,16-19,23-24,26-30H2,1H3,(H,44,50)(H,45,49)/t35-,38+/m1/s1. The number of aryl methyl sites for hydroxylation is 2. The number of ether oxygens (including phenoxy) is 2. The molecule has 0 unspecified atom stereocenters. The van der Waals surface area contributed by atoms with Crippen LogP contribution in [0.4, 0.5) is 0 Å². The van der Waals surface area contributed by atoms with Gasteiger partial charge < -0.3 is 30.1 Å². The highest BCUT2D eigenvalue weighted by Crippen LogP contribution is 2.24. The first-order valence-corrected chi connectivity index (χ1v) is 18.5. The first-order valence-electron chi connectivity index (χ1n) is 18.5. The van der Waals surface area contributed by atoms with Gasteiger partial charge in [0.25, 0.3) is 0 Å². The van der Waals surface area contributed by atoms with Crippen LogP contribution in [0.5, 0.6) is 5.75 Å². The number of likely N-dealkylation sites (tertiary alicyclic amines) is 1. The zero-order valence-electron chi connectivity index (χ0n) is 30.1. The number of aliphatic hydroxyl groups is 1. The first-order chi connectivity index (χ1) is 25.4. The fourth-order valence-electron chi connectivity index (χ4n) is 6.85. The molecule has 2 amide bonds. The average Bonchev–Trinajstić information content (AvgIpc) is 3.17. The van der Waals surface area contributed by atoms with Gasteiger partial charge in [-0.05, 0) is 99.8 Å². The van der Waals surface area contributed by atoms with E-state index in [-0.39, 0.29) is 36.8 Å². The van der Waals surface area contributed by atoms with Gasteiger partial charge in [0.15, 0.2) is 0 Å². The first kappa shape index (κ1) is 38.4. The van der Waals surface area contributed by atoms with Gasteiger partial charge in [0.2, 0.25) is 11.8 Å². The summed E-state index contributed by atoms with van der Waals surface area (Å²) in [7, 11) is 1.28. The van der Waals surface area contributed by atoms with Crippen LogP contribution in [-0.4, -0.2) is 84.3 Å². The largest absolute Gasteiger partial charge is 0.490 e. The Morgan fingerprint density at radius 1 is 0.846 bits per heavy atom. The molecule has 3 aromatic carbocycles. The Balaban J connectivity index is 1.11. The number of carbonyl (C=O) groups excluding carboxylic acids is 3. The maximum Gasteiger partial charge on any atom is 0.308 e. The van der Waals surface area contributed by atoms with Crippen LogP contribution in [0, 0.1) is 5.92 Å². The molecule has 52 heavy (non-hydrogen) atoms. The number of carbonyl (C=O) groups is 3. The van der Waals surface area contributed by atoms with Crippen LogP contribution in [0.2, 0.25) is 0 Å². The molecule has 0 spiro atoms. The van der Waals surface area contributed by atoms with E-state index in [0.717, 1.165) is 49.4 Å². The highest BCUT2D eigenvalue weighted by atomic mass is 16.5. The van der Waals surface area contributed by atoms with E-state index >= 15 is 0 Å². The van der Waals surface area contributed by atoms with Gasteiger partial charge in [-0.25, -0.2) is 0 Å². The molecule has 1 saturated heterocycles. The number of amides is 2. The average molecular weight is 709 g/mol. The Morgan fingerprint density at radius 3 is 2.13 bits per heavy atom. The SMILES string of the molecule is COC(=O)C[C@H](NC(=O)C1CCN(C[C@@H](O)COc2cccc3ncccc23)CC1)C(=O)NC(CCCc1ccccc1)CCCc1ccccc1. The van der Waals surface area contributed by atoms with E-state index in [1.807, 2.05) is 66.7 Å². The second-order valence-corrected chi connectivity index (χ2v) is 13.7. The Hall–Kier alpha value is -4.80. The summed E-state index contributed by atoms with van der Waals surface area (Å²) in [4.78, 5) is 46.1. The van der Waals surface area contributed by atoms with Crippen molar-refractivity contribution in [2.45, 2.75) is 76.0 Å². The predicted molar refractivity (Wildman–Crippen MR) is 202 cm³/mol. The molecule has 5 rings (SSSR count). The summed E-state index contributed by atoms with van der Waals surface area (Å²) >= 11 is 0. The smallest absolute Gasteiger partial charge is 0.308 e. The van der Waals surface area contributed by atoms with Crippen molar-refractivity contribution in [3.8, 4) is 5.75 Å². The summed E-state index contributed by atoms with van der Waals surface area (Å²) in [6.45, 7) is 1.79. The molecule has 276 valence electrons. The minimum absolute atomic E-state index is 0.104. The number of benzene rings is 3. The number of nitrogens with one attached hydrogen (secondary N) is 2. The molecule has 0 bridgehead atoms. The van der Waals surface area contributed by atoms with Crippen LogP contribution >= 0.6 is 0 Å². The predicted octanol–water partition coefficient (Wildman–Crippen LogP) is 5.27. The fourth-order valence-corrected chi connectivity index (χ4v) is 6.85. The Morgan fingerprint density at radius 2 is 1.50 bits per heavy atom. The number of aliphatic hydroxyl groups excluding tert-OH is 1. The molecule has 10 heteroatoms. The van der Waals surface area contributed by atoms with Crippen LogP contribution in [-0.2, 0) is 32.0 Å². The van der Waals surface area contributed by atoms with Crippen LogP contribution in [0.3, 0.4) is 0 Å². The van der Waals surface area contributed by atoms with E-state index < -0.39 is 18.1 Å². The monoisotopic (exact) mass is 708 g/mol. The third-order valence-corrected chi connectivity index (χ3v) is 9.76. The lowest BCUT2D eigenvalue weighted by molar-refractivity contribution is -0.144. The van der Waals surface area contributed by atoms with Crippen molar-refractivity contribution >= 4 is 28.7 Å². The summed E-state index contributed by atoms with van der Waals surface area (Å²) in [6.07, 6.45) is 7.08. The molecule has 10 nitrogen and oxygen atoms in total. The summed E-state index contributed by atoms with van der Waals surface area (Å²) in [6, 6.07) is 28.9. The van der Waals surface area contributed by atoms with Gasteiger partial charge >= 0.3 is 5.97 Å². The molecule has 0 radical (unpaired) electrons. The Labute approximate surface area is 306 Å². The number of methoxy groups -OCH3 is 1. The normalized spacial score (nSPS) is 14.8. The second kappa shape index (κ2) is 20.3. The summed E-state index contributed by atoms with van der Waals surface area (Å²) in [5, 5.41) is 17.7. The number of β-amino-alcohol motifs (C(OH)–C–C–N with tert-alkyl or cyclic N) is 1. The third kappa shape index (κ3) is 12.2. The number of hydrogen-bond donors (Lipinski definition) is 3. The Kier molecular flexibility index (Phi) is 15.0. The maximum absolute atomic E-state index is 13.7. The Bertz CT molecular complexity index is 1650. The van der Waals surface area contributed by atoms with Gasteiger partial charge in [-0.2, -0.15) is 0 Å². The number of aromatic nitrogens is 1. The molecule has 2 atom stereocenters. The lowest BCUT2D eigenvalue weighted by Gasteiger charge is -2.33. The number of pyridine rings is 1. The van der Waals surface area contributed by atoms with Gasteiger partial charge in [-0.3, -0.25) is 19.4 Å². The van der Waals surface area contributed by atoms with Gasteiger partial charge in [0.1, 0.15) is 24.5 Å². The summed E-state index contributed by atoms with van der Waals surface area (Å²) in [5.41, 5.74) is 3.33. The molecule has 1 aliphatic heterocycles. The van der Waals surface area contributed by atoms with Gasteiger partial charge in [-0.1, -0.05) is 66.7 Å². The minimum Gasteiger partial charge on any atom is -0.490 e. The molecule has 0 aliphatic carbocycles. The number of fused-ring (bicyclic) bond motifs is 1. The minimum atomic E-state index is -1.04. The van der Waals surface area contributed by atoms with Crippen LogP contribution < -0.4 is 15.4 Å². The summed E-state index contributed by atoms with van der Waals surface area (Å²) < 4.78 is 10.8. The molecular weight excluding hydrogens is 656 g/mol. The second-order valence-electron chi connectivity index (χ2n) is 13.7. The molecule has 1 aromatic heterocycles. The lowest BCUT2D eigenvalue weighted by Crippen LogP contribution is -2.53. The molecule has 2 heterocycles.